The van der Waals surface area contributed by atoms with Crippen LogP contribution in [0.3, 0.4) is 0 Å². The Kier molecular flexibility index (Phi) is 3.73. The highest BCUT2D eigenvalue weighted by Gasteiger charge is 2.25. The van der Waals surface area contributed by atoms with Crippen molar-refractivity contribution in [1.82, 2.24) is 0 Å². The molecule has 0 bridgehead atoms. The smallest absolute Gasteiger partial charge is 0.272 e. The lowest BCUT2D eigenvalue weighted by atomic mass is 10.0. The normalized spacial score (nSPS) is 13.8. The van der Waals surface area contributed by atoms with Crippen molar-refractivity contribution in [2.24, 2.45) is 0 Å². The number of aliphatic hydroxyl groups excluding tert-OH is 2. The zero-order chi connectivity index (χ0) is 13.2. The van der Waals surface area contributed by atoms with E-state index >= 15 is 0 Å². The number of nitro groups is 1. The molecule has 2 unspecified atom stereocenters. The van der Waals surface area contributed by atoms with Crippen molar-refractivity contribution < 1.29 is 19.5 Å². The minimum absolute atomic E-state index is 0.0925. The molecule has 2 N–H and O–H groups in total. The maximum Gasteiger partial charge on any atom is 0.272 e. The highest BCUT2D eigenvalue weighted by Crippen LogP contribution is 2.27. The summed E-state index contributed by atoms with van der Waals surface area (Å²) < 4.78 is 13.4. The van der Waals surface area contributed by atoms with Crippen LogP contribution in [0.15, 0.2) is 12.1 Å². The van der Waals surface area contributed by atoms with Gasteiger partial charge in [0.05, 0.1) is 11.0 Å². The van der Waals surface area contributed by atoms with Gasteiger partial charge < -0.3 is 10.2 Å². The lowest BCUT2D eigenvalue weighted by Gasteiger charge is -2.13. The van der Waals surface area contributed by atoms with E-state index < -0.39 is 28.5 Å². The highest BCUT2D eigenvalue weighted by molar-refractivity contribution is 5.44. The molecule has 0 aliphatic carbocycles. The molecular formula is C10H9FN2O4. The van der Waals surface area contributed by atoms with E-state index in [4.69, 9.17) is 10.4 Å². The van der Waals surface area contributed by atoms with Crippen molar-refractivity contribution in [2.75, 3.05) is 0 Å². The average Bonchev–Trinajstić information content (AvgIpc) is 2.26. The number of nitriles is 1. The number of rotatable bonds is 3. The SMILES string of the molecule is Cc1cc(F)c(C(O)C(O)C#N)cc1[N+](=O)[O-]. The second kappa shape index (κ2) is 4.86. The Labute approximate surface area is 95.7 Å². The summed E-state index contributed by atoms with van der Waals surface area (Å²) in [6.07, 6.45) is -3.66. The number of hydrogen-bond donors (Lipinski definition) is 2. The van der Waals surface area contributed by atoms with E-state index in [1.807, 2.05) is 0 Å². The van der Waals surface area contributed by atoms with E-state index in [0.29, 0.717) is 0 Å². The van der Waals surface area contributed by atoms with E-state index in [0.717, 1.165) is 12.1 Å². The molecule has 2 atom stereocenters. The molecule has 0 aliphatic rings. The van der Waals surface area contributed by atoms with Crippen LogP contribution < -0.4 is 0 Å². The average molecular weight is 240 g/mol. The van der Waals surface area contributed by atoms with Crippen molar-refractivity contribution in [2.45, 2.75) is 19.1 Å². The molecular weight excluding hydrogens is 231 g/mol. The first-order valence-corrected chi connectivity index (χ1v) is 4.58. The quantitative estimate of drug-likeness (QED) is 0.464. The third-order valence-electron chi connectivity index (χ3n) is 2.26. The van der Waals surface area contributed by atoms with Gasteiger partial charge in [-0.05, 0) is 13.0 Å². The number of benzene rings is 1. The van der Waals surface area contributed by atoms with Gasteiger partial charge in [0.1, 0.15) is 11.9 Å². The van der Waals surface area contributed by atoms with Gasteiger partial charge in [-0.1, -0.05) is 0 Å². The monoisotopic (exact) mass is 240 g/mol. The van der Waals surface area contributed by atoms with Gasteiger partial charge in [-0.25, -0.2) is 4.39 Å². The van der Waals surface area contributed by atoms with Crippen LogP contribution in [0, 0.1) is 34.2 Å². The number of halogens is 1. The largest absolute Gasteiger partial charge is 0.384 e. The zero-order valence-corrected chi connectivity index (χ0v) is 8.79. The fourth-order valence-electron chi connectivity index (χ4n) is 1.34. The molecule has 0 heterocycles. The number of nitro benzene ring substituents is 1. The van der Waals surface area contributed by atoms with Crippen LogP contribution in [0.4, 0.5) is 10.1 Å². The van der Waals surface area contributed by atoms with Crippen LogP contribution in [0.5, 0.6) is 0 Å². The molecule has 90 valence electrons. The molecule has 6 nitrogen and oxygen atoms in total. The molecule has 0 amide bonds. The van der Waals surface area contributed by atoms with Crippen LogP contribution >= 0.6 is 0 Å². The van der Waals surface area contributed by atoms with E-state index in [-0.39, 0.29) is 11.3 Å². The third-order valence-corrected chi connectivity index (χ3v) is 2.26. The maximum atomic E-state index is 13.4. The van der Waals surface area contributed by atoms with Crippen LogP contribution in [0.2, 0.25) is 0 Å². The molecule has 0 fully saturated rings. The van der Waals surface area contributed by atoms with Crippen LogP contribution in [0.1, 0.15) is 17.2 Å². The van der Waals surface area contributed by atoms with Crippen molar-refractivity contribution in [3.05, 3.63) is 39.2 Å². The van der Waals surface area contributed by atoms with Crippen molar-refractivity contribution in [1.29, 1.82) is 5.26 Å². The molecule has 0 aliphatic heterocycles. The summed E-state index contributed by atoms with van der Waals surface area (Å²) in [5.41, 5.74) is -0.767. The van der Waals surface area contributed by atoms with E-state index in [2.05, 4.69) is 0 Å². The van der Waals surface area contributed by atoms with E-state index in [1.165, 1.54) is 13.0 Å². The molecule has 1 rings (SSSR count). The second-order valence-electron chi connectivity index (χ2n) is 3.44. The van der Waals surface area contributed by atoms with Gasteiger partial charge in [0.2, 0.25) is 0 Å². The fraction of sp³-hybridized carbons (Fsp3) is 0.300. The second-order valence-corrected chi connectivity index (χ2v) is 3.44. The summed E-state index contributed by atoms with van der Waals surface area (Å²) in [6.45, 7) is 1.35. The van der Waals surface area contributed by atoms with Crippen molar-refractivity contribution >= 4 is 5.69 Å². The third kappa shape index (κ3) is 2.55. The van der Waals surface area contributed by atoms with Crippen LogP contribution in [0.25, 0.3) is 0 Å². The summed E-state index contributed by atoms with van der Waals surface area (Å²) in [6, 6.07) is 3.01. The molecule has 1 aromatic rings. The number of nitrogens with zero attached hydrogens (tertiary/aromatic N) is 2. The highest BCUT2D eigenvalue weighted by atomic mass is 19.1. The zero-order valence-electron chi connectivity index (χ0n) is 8.79. The molecule has 7 heteroatoms. The summed E-state index contributed by atoms with van der Waals surface area (Å²) in [4.78, 5) is 9.89. The van der Waals surface area contributed by atoms with Gasteiger partial charge in [-0.2, -0.15) is 5.26 Å². The Balaban J connectivity index is 3.30. The predicted molar refractivity (Wildman–Crippen MR) is 54.4 cm³/mol. The molecule has 0 saturated carbocycles. The van der Waals surface area contributed by atoms with Crippen LogP contribution in [-0.4, -0.2) is 21.2 Å². The van der Waals surface area contributed by atoms with Crippen molar-refractivity contribution in [3.63, 3.8) is 0 Å². The van der Waals surface area contributed by atoms with Gasteiger partial charge >= 0.3 is 0 Å². The number of aryl methyl sites for hydroxylation is 1. The molecule has 0 saturated heterocycles. The van der Waals surface area contributed by atoms with Gasteiger partial charge in [0.25, 0.3) is 5.69 Å². The molecule has 0 spiro atoms. The Hall–Kier alpha value is -2.04. The lowest BCUT2D eigenvalue weighted by molar-refractivity contribution is -0.385. The Morgan fingerprint density at radius 2 is 2.12 bits per heavy atom. The van der Waals surface area contributed by atoms with Gasteiger partial charge in [-0.3, -0.25) is 10.1 Å². The molecule has 0 radical (unpaired) electrons. The number of aliphatic hydroxyl groups is 2. The molecule has 0 aromatic heterocycles. The number of hydrogen-bond acceptors (Lipinski definition) is 5. The Bertz CT molecular complexity index is 498. The Morgan fingerprint density at radius 1 is 1.53 bits per heavy atom. The summed E-state index contributed by atoms with van der Waals surface area (Å²) in [5, 5.41) is 37.5. The first-order valence-electron chi connectivity index (χ1n) is 4.58. The Morgan fingerprint density at radius 3 is 2.59 bits per heavy atom. The molecule has 17 heavy (non-hydrogen) atoms. The van der Waals surface area contributed by atoms with E-state index in [9.17, 15) is 19.6 Å². The predicted octanol–water partition coefficient (Wildman–Crippen LogP) is 0.960. The summed E-state index contributed by atoms with van der Waals surface area (Å²) in [7, 11) is 0. The maximum absolute atomic E-state index is 13.4. The first kappa shape index (κ1) is 13.0. The van der Waals surface area contributed by atoms with Gasteiger partial charge in [0.15, 0.2) is 6.10 Å². The van der Waals surface area contributed by atoms with E-state index in [1.54, 1.807) is 0 Å². The topological polar surface area (TPSA) is 107 Å². The fourth-order valence-corrected chi connectivity index (χ4v) is 1.34. The minimum Gasteiger partial charge on any atom is -0.384 e. The lowest BCUT2D eigenvalue weighted by Crippen LogP contribution is -2.17. The van der Waals surface area contributed by atoms with Gasteiger partial charge in [0, 0.05) is 17.2 Å². The first-order chi connectivity index (χ1) is 7.88. The minimum atomic E-state index is -1.84. The summed E-state index contributed by atoms with van der Waals surface area (Å²) in [5.74, 6) is -0.907. The summed E-state index contributed by atoms with van der Waals surface area (Å²) >= 11 is 0. The molecule has 1 aromatic carbocycles. The van der Waals surface area contributed by atoms with Gasteiger partial charge in [-0.15, -0.1) is 0 Å². The standard InChI is InChI=1S/C10H9FN2O4/c1-5-2-7(11)6(3-8(5)13(16)17)10(15)9(14)4-12/h2-3,9-10,14-15H,1H3. The van der Waals surface area contributed by atoms with Crippen LogP contribution in [-0.2, 0) is 0 Å². The van der Waals surface area contributed by atoms with Crippen molar-refractivity contribution in [3.8, 4) is 6.07 Å².